The van der Waals surface area contributed by atoms with Crippen molar-refractivity contribution in [1.29, 1.82) is 0 Å². The fourth-order valence-electron chi connectivity index (χ4n) is 1.76. The van der Waals surface area contributed by atoms with Crippen molar-refractivity contribution in [3.63, 3.8) is 0 Å². The highest BCUT2D eigenvalue weighted by atomic mass is 19.4. The normalized spacial score (nSPS) is 18.8. The summed E-state index contributed by atoms with van der Waals surface area (Å²) in [6, 6.07) is 0. The third-order valence-corrected chi connectivity index (χ3v) is 2.79. The van der Waals surface area contributed by atoms with Crippen LogP contribution in [0.4, 0.5) is 13.2 Å². The molecular formula is C9H12F3NO3. The summed E-state index contributed by atoms with van der Waals surface area (Å²) in [7, 11) is 0.971. The van der Waals surface area contributed by atoms with Crippen molar-refractivity contribution >= 4 is 11.9 Å². The van der Waals surface area contributed by atoms with Gasteiger partial charge in [0.25, 0.3) is 0 Å². The van der Waals surface area contributed by atoms with Gasteiger partial charge in [0.1, 0.15) is 12.0 Å². The fraction of sp³-hybridized carbons (Fsp3) is 0.778. The van der Waals surface area contributed by atoms with Crippen LogP contribution in [0.15, 0.2) is 0 Å². The number of rotatable bonds is 3. The van der Waals surface area contributed by atoms with E-state index in [2.05, 4.69) is 0 Å². The van der Waals surface area contributed by atoms with E-state index in [1.165, 1.54) is 0 Å². The summed E-state index contributed by atoms with van der Waals surface area (Å²) < 4.78 is 36.1. The molecule has 7 heteroatoms. The van der Waals surface area contributed by atoms with Gasteiger partial charge in [0.2, 0.25) is 5.91 Å². The van der Waals surface area contributed by atoms with Gasteiger partial charge in [-0.15, -0.1) is 0 Å². The van der Waals surface area contributed by atoms with Gasteiger partial charge in [-0.05, 0) is 12.8 Å². The zero-order valence-corrected chi connectivity index (χ0v) is 8.67. The molecule has 92 valence electrons. The second-order valence-corrected chi connectivity index (χ2v) is 4.02. The summed E-state index contributed by atoms with van der Waals surface area (Å²) >= 11 is 0. The largest absolute Gasteiger partial charge is 0.480 e. The van der Waals surface area contributed by atoms with Crippen LogP contribution in [0.5, 0.6) is 0 Å². The summed E-state index contributed by atoms with van der Waals surface area (Å²) in [6.45, 7) is -1.42. The number of nitrogens with zero attached hydrogens (tertiary/aromatic N) is 1. The Morgan fingerprint density at radius 2 is 1.88 bits per heavy atom. The average molecular weight is 239 g/mol. The Bertz CT molecular complexity index is 310. The second kappa shape index (κ2) is 3.95. The maximum atomic E-state index is 12.0. The van der Waals surface area contributed by atoms with Crippen molar-refractivity contribution in [2.45, 2.75) is 25.4 Å². The molecule has 0 aromatic carbocycles. The second-order valence-electron chi connectivity index (χ2n) is 4.02. The van der Waals surface area contributed by atoms with E-state index in [9.17, 15) is 22.8 Å². The van der Waals surface area contributed by atoms with Crippen molar-refractivity contribution in [1.82, 2.24) is 4.90 Å². The monoisotopic (exact) mass is 239 g/mol. The van der Waals surface area contributed by atoms with Crippen LogP contribution in [0.25, 0.3) is 0 Å². The lowest BCUT2D eigenvalue weighted by Gasteiger charge is -2.38. The van der Waals surface area contributed by atoms with E-state index in [4.69, 9.17) is 5.11 Å². The first-order chi connectivity index (χ1) is 7.19. The van der Waals surface area contributed by atoms with Gasteiger partial charge in [0.05, 0.1) is 0 Å². The summed E-state index contributed by atoms with van der Waals surface area (Å²) in [5.74, 6) is -2.29. The Labute approximate surface area is 90.0 Å². The SMILES string of the molecule is CN(CC(F)(F)F)C(=O)C1(C(=O)O)CCC1. The Morgan fingerprint density at radius 1 is 1.38 bits per heavy atom. The number of hydrogen-bond acceptors (Lipinski definition) is 2. The molecule has 0 aliphatic heterocycles. The molecule has 1 saturated carbocycles. The smallest absolute Gasteiger partial charge is 0.406 e. The van der Waals surface area contributed by atoms with Crippen LogP contribution in [0.2, 0.25) is 0 Å². The number of carbonyl (C=O) groups is 2. The molecule has 0 spiro atoms. The Kier molecular flexibility index (Phi) is 3.16. The van der Waals surface area contributed by atoms with Gasteiger partial charge in [-0.1, -0.05) is 6.42 Å². The highest BCUT2D eigenvalue weighted by molar-refractivity contribution is 6.02. The molecule has 1 aliphatic carbocycles. The highest BCUT2D eigenvalue weighted by Crippen LogP contribution is 2.42. The molecule has 0 aromatic heterocycles. The average Bonchev–Trinajstić information content (AvgIpc) is 1.97. The van der Waals surface area contributed by atoms with E-state index in [0.29, 0.717) is 11.3 Å². The molecule has 16 heavy (non-hydrogen) atoms. The third-order valence-electron chi connectivity index (χ3n) is 2.79. The van der Waals surface area contributed by atoms with Crippen molar-refractivity contribution < 1.29 is 27.9 Å². The molecule has 0 unspecified atom stereocenters. The minimum absolute atomic E-state index is 0.114. The first-order valence-electron chi connectivity index (χ1n) is 4.75. The molecule has 0 radical (unpaired) electrons. The molecule has 0 atom stereocenters. The van der Waals surface area contributed by atoms with Gasteiger partial charge < -0.3 is 10.0 Å². The van der Waals surface area contributed by atoms with E-state index in [-0.39, 0.29) is 12.8 Å². The molecule has 1 N–H and O–H groups in total. The van der Waals surface area contributed by atoms with Gasteiger partial charge >= 0.3 is 12.1 Å². The van der Waals surface area contributed by atoms with Crippen LogP contribution in [-0.4, -0.2) is 41.7 Å². The standard InChI is InChI=1S/C9H12F3NO3/c1-13(5-9(10,11)12)6(14)8(7(15)16)3-2-4-8/h2-5H2,1H3,(H,15,16). The number of carboxylic acid groups (broad SMARTS) is 1. The first-order valence-corrected chi connectivity index (χ1v) is 4.75. The van der Waals surface area contributed by atoms with Crippen LogP contribution in [0.1, 0.15) is 19.3 Å². The van der Waals surface area contributed by atoms with Crippen LogP contribution < -0.4 is 0 Å². The highest BCUT2D eigenvalue weighted by Gasteiger charge is 2.53. The zero-order valence-electron chi connectivity index (χ0n) is 8.67. The van der Waals surface area contributed by atoms with E-state index in [1.54, 1.807) is 0 Å². The molecular weight excluding hydrogens is 227 g/mol. The Morgan fingerprint density at radius 3 is 2.12 bits per heavy atom. The maximum Gasteiger partial charge on any atom is 0.406 e. The predicted octanol–water partition coefficient (Wildman–Crippen LogP) is 1.26. The molecule has 1 rings (SSSR count). The first kappa shape index (κ1) is 12.8. The summed E-state index contributed by atoms with van der Waals surface area (Å²) in [6.07, 6.45) is -3.72. The van der Waals surface area contributed by atoms with Crippen LogP contribution in [0, 0.1) is 5.41 Å². The van der Waals surface area contributed by atoms with Crippen molar-refractivity contribution in [2.75, 3.05) is 13.6 Å². The summed E-state index contributed by atoms with van der Waals surface area (Å²) in [4.78, 5) is 22.9. The van der Waals surface area contributed by atoms with E-state index in [0.717, 1.165) is 7.05 Å². The number of alkyl halides is 3. The number of halogens is 3. The Hall–Kier alpha value is -1.27. The number of amides is 1. The Balaban J connectivity index is 2.73. The van der Waals surface area contributed by atoms with Crippen LogP contribution >= 0.6 is 0 Å². The van der Waals surface area contributed by atoms with Gasteiger partial charge in [-0.2, -0.15) is 13.2 Å². The molecule has 1 fully saturated rings. The van der Waals surface area contributed by atoms with Crippen molar-refractivity contribution in [3.05, 3.63) is 0 Å². The summed E-state index contributed by atoms with van der Waals surface area (Å²) in [5, 5.41) is 8.87. The number of hydrogen-bond donors (Lipinski definition) is 1. The molecule has 0 aromatic rings. The topological polar surface area (TPSA) is 57.6 Å². The zero-order chi connectivity index (χ0) is 12.6. The molecule has 1 amide bonds. The molecule has 0 bridgehead atoms. The van der Waals surface area contributed by atoms with Gasteiger partial charge in [0, 0.05) is 7.05 Å². The third kappa shape index (κ3) is 2.28. The lowest BCUT2D eigenvalue weighted by molar-refractivity contribution is -0.177. The quantitative estimate of drug-likeness (QED) is 0.754. The predicted molar refractivity (Wildman–Crippen MR) is 47.6 cm³/mol. The van der Waals surface area contributed by atoms with Gasteiger partial charge in [0.15, 0.2) is 0 Å². The van der Waals surface area contributed by atoms with Gasteiger partial charge in [-0.3, -0.25) is 9.59 Å². The number of carboxylic acids is 1. The molecule has 0 saturated heterocycles. The minimum Gasteiger partial charge on any atom is -0.480 e. The van der Waals surface area contributed by atoms with E-state index >= 15 is 0 Å². The van der Waals surface area contributed by atoms with Crippen LogP contribution in [-0.2, 0) is 9.59 Å². The van der Waals surface area contributed by atoms with Gasteiger partial charge in [-0.25, -0.2) is 0 Å². The molecule has 4 nitrogen and oxygen atoms in total. The lowest BCUT2D eigenvalue weighted by atomic mass is 9.68. The maximum absolute atomic E-state index is 12.0. The van der Waals surface area contributed by atoms with E-state index in [1.807, 2.05) is 0 Å². The fourth-order valence-corrected chi connectivity index (χ4v) is 1.76. The van der Waals surface area contributed by atoms with Crippen molar-refractivity contribution in [2.24, 2.45) is 5.41 Å². The van der Waals surface area contributed by atoms with E-state index < -0.39 is 30.0 Å². The number of carbonyl (C=O) groups excluding carboxylic acids is 1. The molecule has 1 aliphatic rings. The van der Waals surface area contributed by atoms with Crippen molar-refractivity contribution in [3.8, 4) is 0 Å². The minimum atomic E-state index is -4.51. The number of aliphatic carboxylic acids is 1. The lowest BCUT2D eigenvalue weighted by Crippen LogP contribution is -2.53. The summed E-state index contributed by atoms with van der Waals surface area (Å²) in [5.41, 5.74) is -1.62. The molecule has 0 heterocycles. The van der Waals surface area contributed by atoms with Crippen LogP contribution in [0.3, 0.4) is 0 Å².